The molecule has 2 aromatic carbocycles. The highest BCUT2D eigenvalue weighted by molar-refractivity contribution is 6.30. The molecule has 22 heavy (non-hydrogen) atoms. The van der Waals surface area contributed by atoms with E-state index >= 15 is 0 Å². The van der Waals surface area contributed by atoms with E-state index in [9.17, 15) is 0 Å². The molecule has 2 N–H and O–H groups in total. The maximum Gasteiger partial charge on any atom is 0.192 e. The van der Waals surface area contributed by atoms with Crippen LogP contribution in [0.15, 0.2) is 47.5 Å². The molecule has 4 heteroatoms. The molecular formula is C18H16ClN3. The number of benzene rings is 2. The molecule has 110 valence electrons. The van der Waals surface area contributed by atoms with Gasteiger partial charge in [-0.3, -0.25) is 0 Å². The zero-order valence-corrected chi connectivity index (χ0v) is 12.8. The molecule has 2 aromatic rings. The van der Waals surface area contributed by atoms with E-state index in [0.717, 1.165) is 35.2 Å². The molecule has 0 radical (unpaired) electrons. The van der Waals surface area contributed by atoms with Gasteiger partial charge in [0.2, 0.25) is 0 Å². The number of halogens is 1. The number of guanidine groups is 1. The van der Waals surface area contributed by atoms with Crippen LogP contribution in [0.3, 0.4) is 0 Å². The summed E-state index contributed by atoms with van der Waals surface area (Å²) < 4.78 is 0. The maximum atomic E-state index is 6.24. The average Bonchev–Trinajstić information content (AvgIpc) is 3.00. The van der Waals surface area contributed by atoms with Crippen LogP contribution >= 0.6 is 11.6 Å². The lowest BCUT2D eigenvalue weighted by atomic mass is 9.95. The highest BCUT2D eigenvalue weighted by atomic mass is 35.5. The fourth-order valence-electron chi connectivity index (χ4n) is 2.98. The molecule has 1 unspecified atom stereocenters. The van der Waals surface area contributed by atoms with Crippen molar-refractivity contribution in [2.75, 3.05) is 13.1 Å². The van der Waals surface area contributed by atoms with Crippen molar-refractivity contribution in [1.82, 2.24) is 10.6 Å². The van der Waals surface area contributed by atoms with E-state index < -0.39 is 0 Å². The van der Waals surface area contributed by atoms with E-state index in [1.54, 1.807) is 0 Å². The Bertz CT molecular complexity index is 772. The van der Waals surface area contributed by atoms with Crippen molar-refractivity contribution >= 4 is 29.7 Å². The van der Waals surface area contributed by atoms with Crippen molar-refractivity contribution in [1.29, 1.82) is 0 Å². The Morgan fingerprint density at radius 2 is 1.64 bits per heavy atom. The first-order valence-corrected chi connectivity index (χ1v) is 7.81. The SMILES string of the molecule is Clc1ccc2c(c1)C(N=C1NCCN1)c1ccccc1C=C2. The summed E-state index contributed by atoms with van der Waals surface area (Å²) in [7, 11) is 0. The number of aliphatic imine (C=N–C) groups is 1. The average molecular weight is 310 g/mol. The largest absolute Gasteiger partial charge is 0.355 e. The Morgan fingerprint density at radius 3 is 2.45 bits per heavy atom. The van der Waals surface area contributed by atoms with E-state index in [1.165, 1.54) is 11.1 Å². The second-order valence-corrected chi connectivity index (χ2v) is 5.91. The molecule has 1 atom stereocenters. The van der Waals surface area contributed by atoms with Gasteiger partial charge in [0.15, 0.2) is 5.96 Å². The highest BCUT2D eigenvalue weighted by Crippen LogP contribution is 2.36. The van der Waals surface area contributed by atoms with Gasteiger partial charge in [-0.05, 0) is 34.4 Å². The lowest BCUT2D eigenvalue weighted by Gasteiger charge is -2.17. The van der Waals surface area contributed by atoms with Gasteiger partial charge in [-0.15, -0.1) is 0 Å². The fourth-order valence-corrected chi connectivity index (χ4v) is 3.16. The van der Waals surface area contributed by atoms with Crippen molar-refractivity contribution in [2.24, 2.45) is 4.99 Å². The Morgan fingerprint density at radius 1 is 0.909 bits per heavy atom. The molecule has 0 aromatic heterocycles. The third-order valence-corrected chi connectivity index (χ3v) is 4.28. The second-order valence-electron chi connectivity index (χ2n) is 5.47. The topological polar surface area (TPSA) is 36.4 Å². The summed E-state index contributed by atoms with van der Waals surface area (Å²) in [5.74, 6) is 0.854. The van der Waals surface area contributed by atoms with Gasteiger partial charge >= 0.3 is 0 Å². The molecule has 4 rings (SSSR count). The lowest BCUT2D eigenvalue weighted by molar-refractivity contribution is 0.852. The van der Waals surface area contributed by atoms with Gasteiger partial charge < -0.3 is 10.6 Å². The zero-order chi connectivity index (χ0) is 14.9. The summed E-state index contributed by atoms with van der Waals surface area (Å²) in [5.41, 5.74) is 4.69. The molecule has 1 aliphatic heterocycles. The monoisotopic (exact) mass is 309 g/mol. The van der Waals surface area contributed by atoms with Crippen LogP contribution in [0.2, 0.25) is 5.02 Å². The maximum absolute atomic E-state index is 6.24. The predicted octanol–water partition coefficient (Wildman–Crippen LogP) is 3.46. The molecule has 1 fully saturated rings. The molecule has 0 spiro atoms. The third-order valence-electron chi connectivity index (χ3n) is 4.04. The molecule has 0 amide bonds. The van der Waals surface area contributed by atoms with E-state index in [-0.39, 0.29) is 6.04 Å². The van der Waals surface area contributed by atoms with Gasteiger partial charge in [0.05, 0.1) is 0 Å². The van der Waals surface area contributed by atoms with E-state index in [1.807, 2.05) is 12.1 Å². The fraction of sp³-hybridized carbons (Fsp3) is 0.167. The number of nitrogens with zero attached hydrogens (tertiary/aromatic N) is 1. The summed E-state index contributed by atoms with van der Waals surface area (Å²) in [4.78, 5) is 4.91. The molecule has 2 aliphatic rings. The molecule has 1 heterocycles. The summed E-state index contributed by atoms with van der Waals surface area (Å²) in [6.45, 7) is 1.82. The van der Waals surface area contributed by atoms with Crippen molar-refractivity contribution in [3.05, 3.63) is 69.7 Å². The van der Waals surface area contributed by atoms with Gasteiger partial charge in [0.25, 0.3) is 0 Å². The zero-order valence-electron chi connectivity index (χ0n) is 12.0. The van der Waals surface area contributed by atoms with Crippen molar-refractivity contribution in [2.45, 2.75) is 6.04 Å². The van der Waals surface area contributed by atoms with Crippen LogP contribution in [-0.2, 0) is 0 Å². The quantitative estimate of drug-likeness (QED) is 0.846. The Labute approximate surface area is 134 Å². The Balaban J connectivity index is 1.92. The van der Waals surface area contributed by atoms with Crippen molar-refractivity contribution in [3.8, 4) is 0 Å². The van der Waals surface area contributed by atoms with Gasteiger partial charge in [0, 0.05) is 18.1 Å². The molecule has 3 nitrogen and oxygen atoms in total. The third kappa shape index (κ3) is 2.38. The summed E-state index contributed by atoms with van der Waals surface area (Å²) in [6, 6.07) is 14.3. The van der Waals surface area contributed by atoms with Gasteiger partial charge in [-0.2, -0.15) is 0 Å². The number of rotatable bonds is 1. The molecule has 0 saturated carbocycles. The Kier molecular flexibility index (Phi) is 3.35. The predicted molar refractivity (Wildman–Crippen MR) is 92.1 cm³/mol. The van der Waals surface area contributed by atoms with E-state index in [0.29, 0.717) is 0 Å². The minimum atomic E-state index is -0.0620. The molecule has 1 aliphatic carbocycles. The highest BCUT2D eigenvalue weighted by Gasteiger charge is 2.22. The van der Waals surface area contributed by atoms with Crippen LogP contribution in [0.25, 0.3) is 12.2 Å². The first-order valence-electron chi connectivity index (χ1n) is 7.43. The Hall–Kier alpha value is -2.26. The number of hydrogen-bond donors (Lipinski definition) is 2. The van der Waals surface area contributed by atoms with Crippen molar-refractivity contribution in [3.63, 3.8) is 0 Å². The first kappa shape index (κ1) is 13.4. The minimum Gasteiger partial charge on any atom is -0.355 e. The van der Waals surface area contributed by atoms with Crippen LogP contribution in [0, 0.1) is 0 Å². The smallest absolute Gasteiger partial charge is 0.192 e. The standard InChI is InChI=1S/C18H16ClN3/c19-14-8-7-13-6-5-12-3-1-2-4-15(12)17(16(13)11-14)22-18-20-9-10-21-18/h1-8,11,17H,9-10H2,(H2,20,21,22). The van der Waals surface area contributed by atoms with Crippen LogP contribution in [0.1, 0.15) is 28.3 Å². The first-order chi connectivity index (χ1) is 10.8. The molecular weight excluding hydrogens is 294 g/mol. The van der Waals surface area contributed by atoms with E-state index in [4.69, 9.17) is 16.6 Å². The van der Waals surface area contributed by atoms with Gasteiger partial charge in [-0.1, -0.05) is 54.1 Å². The van der Waals surface area contributed by atoms with Crippen LogP contribution in [-0.4, -0.2) is 19.0 Å². The minimum absolute atomic E-state index is 0.0620. The van der Waals surface area contributed by atoms with Crippen LogP contribution in [0.4, 0.5) is 0 Å². The molecule has 1 saturated heterocycles. The van der Waals surface area contributed by atoms with Gasteiger partial charge in [0.1, 0.15) is 6.04 Å². The van der Waals surface area contributed by atoms with E-state index in [2.05, 4.69) is 53.1 Å². The normalized spacial score (nSPS) is 18.8. The second kappa shape index (κ2) is 5.50. The number of nitrogens with one attached hydrogen (secondary N) is 2. The summed E-state index contributed by atoms with van der Waals surface area (Å²) >= 11 is 6.24. The lowest BCUT2D eigenvalue weighted by Crippen LogP contribution is -2.25. The number of hydrogen-bond acceptors (Lipinski definition) is 1. The van der Waals surface area contributed by atoms with Crippen LogP contribution in [0.5, 0.6) is 0 Å². The van der Waals surface area contributed by atoms with Crippen molar-refractivity contribution < 1.29 is 0 Å². The van der Waals surface area contributed by atoms with Gasteiger partial charge in [-0.25, -0.2) is 4.99 Å². The number of fused-ring (bicyclic) bond motifs is 2. The van der Waals surface area contributed by atoms with Crippen LogP contribution < -0.4 is 10.6 Å². The summed E-state index contributed by atoms with van der Waals surface area (Å²) in [5, 5.41) is 7.31. The molecule has 0 bridgehead atoms. The summed E-state index contributed by atoms with van der Waals surface area (Å²) in [6.07, 6.45) is 4.29.